The van der Waals surface area contributed by atoms with Crippen molar-refractivity contribution in [3.8, 4) is 0 Å². The van der Waals surface area contributed by atoms with E-state index in [1.165, 1.54) is 25.7 Å². The van der Waals surface area contributed by atoms with Gasteiger partial charge in [-0.05, 0) is 37.0 Å². The summed E-state index contributed by atoms with van der Waals surface area (Å²) in [6, 6.07) is 0. The molecule has 0 heterocycles. The van der Waals surface area contributed by atoms with Crippen molar-refractivity contribution >= 4 is 21.8 Å². The molecule has 16 heavy (non-hydrogen) atoms. The Morgan fingerprint density at radius 2 is 2.19 bits per heavy atom. The van der Waals surface area contributed by atoms with Crippen LogP contribution in [0.4, 0.5) is 0 Å². The maximum Gasteiger partial charge on any atom is 0.222 e. The molecule has 92 valence electrons. The van der Waals surface area contributed by atoms with Crippen LogP contribution in [0.25, 0.3) is 0 Å². The number of hydrogen-bond donors (Lipinski definition) is 0. The summed E-state index contributed by atoms with van der Waals surface area (Å²) in [5.41, 5.74) is 0. The highest BCUT2D eigenvalue weighted by Gasteiger charge is 2.40. The molecule has 2 fully saturated rings. The zero-order valence-electron chi connectivity index (χ0n) is 10.3. The van der Waals surface area contributed by atoms with Gasteiger partial charge in [0, 0.05) is 24.8 Å². The van der Waals surface area contributed by atoms with E-state index in [0.29, 0.717) is 16.7 Å². The molecule has 0 saturated heterocycles. The van der Waals surface area contributed by atoms with Gasteiger partial charge in [-0.25, -0.2) is 0 Å². The zero-order chi connectivity index (χ0) is 11.7. The maximum absolute atomic E-state index is 12.0. The minimum absolute atomic E-state index is 0.337. The number of fused-ring (bicyclic) bond motifs is 2. The average Bonchev–Trinajstić information content (AvgIpc) is 2.77. The highest BCUT2D eigenvalue weighted by molar-refractivity contribution is 9.09. The normalized spacial score (nSPS) is 34.1. The predicted molar refractivity (Wildman–Crippen MR) is 69.6 cm³/mol. The van der Waals surface area contributed by atoms with E-state index in [2.05, 4.69) is 22.9 Å². The topological polar surface area (TPSA) is 20.3 Å². The SMILES string of the molecule is CC(Br)CN(C)C(=O)CC1CC2CCC1C2. The molecule has 2 aliphatic carbocycles. The Bertz CT molecular complexity index is 267. The monoisotopic (exact) mass is 287 g/mol. The van der Waals surface area contributed by atoms with Gasteiger partial charge in [-0.15, -0.1) is 0 Å². The number of carbonyl (C=O) groups excluding carboxylic acids is 1. The molecule has 4 unspecified atom stereocenters. The third-order valence-corrected chi connectivity index (χ3v) is 4.56. The van der Waals surface area contributed by atoms with E-state index in [9.17, 15) is 4.79 Å². The zero-order valence-corrected chi connectivity index (χ0v) is 11.9. The average molecular weight is 288 g/mol. The van der Waals surface area contributed by atoms with Crippen LogP contribution < -0.4 is 0 Å². The van der Waals surface area contributed by atoms with Crippen LogP contribution in [-0.4, -0.2) is 29.2 Å². The first-order valence-corrected chi connectivity index (χ1v) is 7.36. The van der Waals surface area contributed by atoms with Gasteiger partial charge in [0.1, 0.15) is 0 Å². The van der Waals surface area contributed by atoms with Crippen LogP contribution in [0, 0.1) is 17.8 Å². The number of hydrogen-bond acceptors (Lipinski definition) is 1. The van der Waals surface area contributed by atoms with Crippen molar-refractivity contribution in [2.75, 3.05) is 13.6 Å². The number of carbonyl (C=O) groups is 1. The van der Waals surface area contributed by atoms with E-state index in [1.807, 2.05) is 11.9 Å². The fourth-order valence-electron chi connectivity index (χ4n) is 3.49. The molecule has 3 heteroatoms. The summed E-state index contributed by atoms with van der Waals surface area (Å²) in [4.78, 5) is 14.3. The third kappa shape index (κ3) is 2.79. The van der Waals surface area contributed by atoms with E-state index >= 15 is 0 Å². The summed E-state index contributed by atoms with van der Waals surface area (Å²) >= 11 is 3.49. The second-order valence-electron chi connectivity index (χ2n) is 5.69. The molecule has 2 bridgehead atoms. The molecule has 2 saturated carbocycles. The molecule has 1 amide bonds. The molecule has 0 spiro atoms. The molecule has 2 aliphatic rings. The second-order valence-corrected chi connectivity index (χ2v) is 7.26. The Hall–Kier alpha value is -0.0500. The molecule has 2 nitrogen and oxygen atoms in total. The van der Waals surface area contributed by atoms with E-state index in [-0.39, 0.29) is 0 Å². The molecule has 0 N–H and O–H groups in total. The van der Waals surface area contributed by atoms with Crippen molar-refractivity contribution in [1.82, 2.24) is 4.90 Å². The van der Waals surface area contributed by atoms with Gasteiger partial charge >= 0.3 is 0 Å². The highest BCUT2D eigenvalue weighted by Crippen LogP contribution is 2.49. The largest absolute Gasteiger partial charge is 0.345 e. The fraction of sp³-hybridized carbons (Fsp3) is 0.923. The number of alkyl halides is 1. The van der Waals surface area contributed by atoms with Crippen molar-refractivity contribution in [2.24, 2.45) is 17.8 Å². The summed E-state index contributed by atoms with van der Waals surface area (Å²) in [6.07, 6.45) is 6.30. The maximum atomic E-state index is 12.0. The van der Waals surface area contributed by atoms with Crippen molar-refractivity contribution in [1.29, 1.82) is 0 Å². The molecule has 4 atom stereocenters. The van der Waals surface area contributed by atoms with Gasteiger partial charge in [-0.1, -0.05) is 29.3 Å². The molecule has 0 aromatic heterocycles. The molecule has 2 rings (SSSR count). The second kappa shape index (κ2) is 5.07. The lowest BCUT2D eigenvalue weighted by molar-refractivity contribution is -0.131. The smallest absolute Gasteiger partial charge is 0.222 e. The fourth-order valence-corrected chi connectivity index (χ4v) is 3.92. The molecule has 0 aromatic rings. The summed E-state index contributed by atoms with van der Waals surface area (Å²) < 4.78 is 0. The van der Waals surface area contributed by atoms with Gasteiger partial charge in [0.2, 0.25) is 5.91 Å². The van der Waals surface area contributed by atoms with Crippen LogP contribution in [0.15, 0.2) is 0 Å². The Kier molecular flexibility index (Phi) is 3.93. The van der Waals surface area contributed by atoms with Gasteiger partial charge in [0.25, 0.3) is 0 Å². The van der Waals surface area contributed by atoms with E-state index in [0.717, 1.165) is 24.8 Å². The highest BCUT2D eigenvalue weighted by atomic mass is 79.9. The van der Waals surface area contributed by atoms with E-state index in [4.69, 9.17) is 0 Å². The minimum Gasteiger partial charge on any atom is -0.345 e. The van der Waals surface area contributed by atoms with Gasteiger partial charge in [0.15, 0.2) is 0 Å². The Morgan fingerprint density at radius 3 is 2.69 bits per heavy atom. The molecular formula is C13H22BrNO. The third-order valence-electron chi connectivity index (χ3n) is 4.27. The quantitative estimate of drug-likeness (QED) is 0.728. The van der Waals surface area contributed by atoms with Crippen LogP contribution in [0.2, 0.25) is 0 Å². The van der Waals surface area contributed by atoms with Gasteiger partial charge in [-0.2, -0.15) is 0 Å². The molecule has 0 aliphatic heterocycles. The molecular weight excluding hydrogens is 266 g/mol. The number of amides is 1. The van der Waals surface area contributed by atoms with Gasteiger partial charge in [0.05, 0.1) is 0 Å². The standard InChI is InChI=1S/C13H22BrNO/c1-9(14)8-15(2)13(16)7-12-6-10-3-4-11(12)5-10/h9-12H,3-8H2,1-2H3. The van der Waals surface area contributed by atoms with Crippen LogP contribution in [-0.2, 0) is 4.79 Å². The molecule has 0 aromatic carbocycles. The lowest BCUT2D eigenvalue weighted by atomic mass is 9.86. The predicted octanol–water partition coefficient (Wildman–Crippen LogP) is 3.05. The Morgan fingerprint density at radius 1 is 1.44 bits per heavy atom. The summed E-state index contributed by atoms with van der Waals surface area (Å²) in [6.45, 7) is 2.90. The number of rotatable bonds is 4. The van der Waals surface area contributed by atoms with Crippen molar-refractivity contribution < 1.29 is 4.79 Å². The lowest BCUT2D eigenvalue weighted by Gasteiger charge is -2.25. The first-order valence-electron chi connectivity index (χ1n) is 6.44. The van der Waals surface area contributed by atoms with Gasteiger partial charge < -0.3 is 4.90 Å². The van der Waals surface area contributed by atoms with E-state index < -0.39 is 0 Å². The summed E-state index contributed by atoms with van der Waals surface area (Å²) in [5, 5.41) is 0. The summed E-state index contributed by atoms with van der Waals surface area (Å²) in [7, 11) is 1.92. The Balaban J connectivity index is 1.79. The minimum atomic E-state index is 0.337. The first-order chi connectivity index (χ1) is 7.56. The Labute approximate surface area is 107 Å². The molecule has 0 radical (unpaired) electrons. The first kappa shape index (κ1) is 12.4. The van der Waals surface area contributed by atoms with Crippen LogP contribution in [0.3, 0.4) is 0 Å². The van der Waals surface area contributed by atoms with Gasteiger partial charge in [-0.3, -0.25) is 4.79 Å². The lowest BCUT2D eigenvalue weighted by Crippen LogP contribution is -2.33. The van der Waals surface area contributed by atoms with E-state index in [1.54, 1.807) is 0 Å². The van der Waals surface area contributed by atoms with Crippen molar-refractivity contribution in [2.45, 2.75) is 43.9 Å². The number of nitrogens with zero attached hydrogens (tertiary/aromatic N) is 1. The van der Waals surface area contributed by atoms with Crippen LogP contribution in [0.1, 0.15) is 39.0 Å². The number of halogens is 1. The van der Waals surface area contributed by atoms with Crippen molar-refractivity contribution in [3.05, 3.63) is 0 Å². The van der Waals surface area contributed by atoms with Crippen LogP contribution in [0.5, 0.6) is 0 Å². The summed E-state index contributed by atoms with van der Waals surface area (Å²) in [5.74, 6) is 2.84. The van der Waals surface area contributed by atoms with Crippen molar-refractivity contribution in [3.63, 3.8) is 0 Å². The van der Waals surface area contributed by atoms with Crippen LogP contribution >= 0.6 is 15.9 Å².